The summed E-state index contributed by atoms with van der Waals surface area (Å²) in [5.41, 5.74) is 1.09. The second-order valence-corrected chi connectivity index (χ2v) is 5.91. The second-order valence-electron chi connectivity index (χ2n) is 4.75. The Morgan fingerprint density at radius 1 is 1.21 bits per heavy atom. The van der Waals surface area contributed by atoms with Crippen LogP contribution in [0.5, 0.6) is 0 Å². The van der Waals surface area contributed by atoms with E-state index in [1.54, 1.807) is 0 Å². The molecule has 0 unspecified atom stereocenters. The first kappa shape index (κ1) is 15.4. The molecule has 1 heterocycles. The molecule has 2 nitrogen and oxygen atoms in total. The lowest BCUT2D eigenvalue weighted by atomic mass is 10.1. The Balaban J connectivity index is 1.84. The number of nitrogens with zero attached hydrogens (tertiary/aromatic N) is 1. The molecule has 5 heteroatoms. The molecule has 0 atom stereocenters. The Bertz CT molecular complexity index is 406. The number of piperidine rings is 1. The Kier molecular flexibility index (Phi) is 6.24. The number of alkyl halides is 1. The van der Waals surface area contributed by atoms with Gasteiger partial charge in [-0.2, -0.15) is 0 Å². The highest BCUT2D eigenvalue weighted by Crippen LogP contribution is 2.27. The van der Waals surface area contributed by atoms with Crippen molar-refractivity contribution in [3.8, 4) is 0 Å². The van der Waals surface area contributed by atoms with Crippen molar-refractivity contribution in [3.05, 3.63) is 33.8 Å². The average molecular weight is 323 g/mol. The molecule has 0 spiro atoms. The van der Waals surface area contributed by atoms with Crippen molar-refractivity contribution in [3.63, 3.8) is 0 Å². The lowest BCUT2D eigenvalue weighted by molar-refractivity contribution is 0.0135. The Labute approximate surface area is 129 Å². The van der Waals surface area contributed by atoms with Gasteiger partial charge in [0, 0.05) is 25.5 Å². The summed E-state index contributed by atoms with van der Waals surface area (Å²) in [5, 5.41) is 1.30. The number of rotatable bonds is 5. The molecule has 19 heavy (non-hydrogen) atoms. The van der Waals surface area contributed by atoms with Gasteiger partial charge in [-0.05, 0) is 24.5 Å². The van der Waals surface area contributed by atoms with Crippen LogP contribution in [-0.2, 0) is 11.3 Å². The molecule has 0 bridgehead atoms. The molecule has 0 N–H and O–H groups in total. The van der Waals surface area contributed by atoms with Crippen molar-refractivity contribution in [1.82, 2.24) is 4.90 Å². The maximum absolute atomic E-state index is 6.21. The van der Waals surface area contributed by atoms with Gasteiger partial charge in [-0.15, -0.1) is 11.6 Å². The third-order valence-electron chi connectivity index (χ3n) is 3.39. The van der Waals surface area contributed by atoms with Crippen molar-refractivity contribution in [1.29, 1.82) is 0 Å². The summed E-state index contributed by atoms with van der Waals surface area (Å²) < 4.78 is 5.67. The topological polar surface area (TPSA) is 12.5 Å². The predicted molar refractivity (Wildman–Crippen MR) is 81.4 cm³/mol. The van der Waals surface area contributed by atoms with Crippen LogP contribution in [0.3, 0.4) is 0 Å². The van der Waals surface area contributed by atoms with Gasteiger partial charge >= 0.3 is 0 Å². The molecule has 2 rings (SSSR count). The molecule has 0 aromatic heterocycles. The van der Waals surface area contributed by atoms with Crippen molar-refractivity contribution in [2.45, 2.75) is 25.5 Å². The molecule has 1 aliphatic rings. The largest absolute Gasteiger partial charge is 0.377 e. The second kappa shape index (κ2) is 7.70. The van der Waals surface area contributed by atoms with E-state index >= 15 is 0 Å². The molecule has 1 aromatic rings. The van der Waals surface area contributed by atoms with Crippen LogP contribution in [0.4, 0.5) is 0 Å². The van der Waals surface area contributed by atoms with Gasteiger partial charge in [0.2, 0.25) is 0 Å². The zero-order valence-electron chi connectivity index (χ0n) is 10.7. The Hall–Kier alpha value is 0.01000. The van der Waals surface area contributed by atoms with Gasteiger partial charge in [0.25, 0.3) is 0 Å². The Morgan fingerprint density at radius 3 is 2.63 bits per heavy atom. The van der Waals surface area contributed by atoms with Crippen LogP contribution in [0.15, 0.2) is 18.2 Å². The molecule has 0 amide bonds. The highest BCUT2D eigenvalue weighted by Gasteiger charge is 2.20. The summed E-state index contributed by atoms with van der Waals surface area (Å²) >= 11 is 17.9. The van der Waals surface area contributed by atoms with Crippen LogP contribution >= 0.6 is 34.8 Å². The molecular weight excluding hydrogens is 305 g/mol. The SMILES string of the molecule is ClCCOC1CCN(Cc2cccc(Cl)c2Cl)CC1. The molecule has 1 saturated heterocycles. The maximum atomic E-state index is 6.21. The van der Waals surface area contributed by atoms with E-state index in [9.17, 15) is 0 Å². The molecule has 1 aliphatic heterocycles. The van der Waals surface area contributed by atoms with Crippen LogP contribution in [0.1, 0.15) is 18.4 Å². The normalized spacial score (nSPS) is 17.8. The van der Waals surface area contributed by atoms with E-state index < -0.39 is 0 Å². The standard InChI is InChI=1S/C14H18Cl3NO/c15-6-9-19-12-4-7-18(8-5-12)10-11-2-1-3-13(16)14(11)17/h1-3,12H,4-10H2. The van der Waals surface area contributed by atoms with E-state index in [4.69, 9.17) is 39.5 Å². The smallest absolute Gasteiger partial charge is 0.0637 e. The molecule has 0 radical (unpaired) electrons. The number of ether oxygens (including phenoxy) is 1. The van der Waals surface area contributed by atoms with E-state index in [1.807, 2.05) is 18.2 Å². The molecule has 1 fully saturated rings. The maximum Gasteiger partial charge on any atom is 0.0637 e. The quantitative estimate of drug-likeness (QED) is 0.753. The highest BCUT2D eigenvalue weighted by atomic mass is 35.5. The average Bonchev–Trinajstić information content (AvgIpc) is 2.43. The number of hydrogen-bond acceptors (Lipinski definition) is 2. The summed E-state index contributed by atoms with van der Waals surface area (Å²) in [6, 6.07) is 5.80. The van der Waals surface area contributed by atoms with Gasteiger partial charge in [-0.3, -0.25) is 4.90 Å². The molecule has 106 valence electrons. The molecular formula is C14H18Cl3NO. The van der Waals surface area contributed by atoms with Gasteiger partial charge in [0.05, 0.1) is 22.8 Å². The van der Waals surface area contributed by atoms with Gasteiger partial charge in [0.1, 0.15) is 0 Å². The minimum Gasteiger partial charge on any atom is -0.377 e. The fourth-order valence-corrected chi connectivity index (χ4v) is 2.83. The first-order valence-corrected chi connectivity index (χ1v) is 7.82. The first-order valence-electron chi connectivity index (χ1n) is 6.53. The van der Waals surface area contributed by atoms with Gasteiger partial charge in [-0.1, -0.05) is 35.3 Å². The van der Waals surface area contributed by atoms with Crippen molar-refractivity contribution in [2.75, 3.05) is 25.6 Å². The van der Waals surface area contributed by atoms with E-state index in [0.717, 1.165) is 38.0 Å². The van der Waals surface area contributed by atoms with Crippen LogP contribution < -0.4 is 0 Å². The number of likely N-dealkylation sites (tertiary alicyclic amines) is 1. The van der Waals surface area contributed by atoms with Crippen LogP contribution in [0.2, 0.25) is 10.0 Å². The van der Waals surface area contributed by atoms with E-state index in [2.05, 4.69) is 4.90 Å². The van der Waals surface area contributed by atoms with Gasteiger partial charge < -0.3 is 4.74 Å². The van der Waals surface area contributed by atoms with Gasteiger partial charge in [-0.25, -0.2) is 0 Å². The zero-order chi connectivity index (χ0) is 13.7. The third kappa shape index (κ3) is 4.51. The fraction of sp³-hybridized carbons (Fsp3) is 0.571. The number of benzene rings is 1. The van der Waals surface area contributed by atoms with Crippen LogP contribution in [-0.4, -0.2) is 36.6 Å². The monoisotopic (exact) mass is 321 g/mol. The fourth-order valence-electron chi connectivity index (χ4n) is 2.36. The first-order chi connectivity index (χ1) is 9.20. The minimum atomic E-state index is 0.352. The van der Waals surface area contributed by atoms with E-state index in [-0.39, 0.29) is 0 Å². The van der Waals surface area contributed by atoms with E-state index in [0.29, 0.717) is 28.6 Å². The summed E-state index contributed by atoms with van der Waals surface area (Å²) in [5.74, 6) is 0.568. The van der Waals surface area contributed by atoms with Crippen LogP contribution in [0.25, 0.3) is 0 Å². The number of hydrogen-bond donors (Lipinski definition) is 0. The molecule has 1 aromatic carbocycles. The van der Waals surface area contributed by atoms with E-state index in [1.165, 1.54) is 0 Å². The zero-order valence-corrected chi connectivity index (χ0v) is 13.0. The summed E-state index contributed by atoms with van der Waals surface area (Å²) in [4.78, 5) is 2.39. The molecule has 0 aliphatic carbocycles. The lowest BCUT2D eigenvalue weighted by Crippen LogP contribution is -2.36. The Morgan fingerprint density at radius 2 is 1.95 bits per heavy atom. The highest BCUT2D eigenvalue weighted by molar-refractivity contribution is 6.42. The van der Waals surface area contributed by atoms with Crippen molar-refractivity contribution < 1.29 is 4.74 Å². The lowest BCUT2D eigenvalue weighted by Gasteiger charge is -2.32. The number of halogens is 3. The van der Waals surface area contributed by atoms with Crippen molar-refractivity contribution in [2.24, 2.45) is 0 Å². The van der Waals surface area contributed by atoms with Crippen LogP contribution in [0, 0.1) is 0 Å². The summed E-state index contributed by atoms with van der Waals surface area (Å²) in [6.45, 7) is 3.54. The molecule has 0 saturated carbocycles. The predicted octanol–water partition coefficient (Wildman–Crippen LogP) is 4.21. The minimum absolute atomic E-state index is 0.352. The van der Waals surface area contributed by atoms with Gasteiger partial charge in [0.15, 0.2) is 0 Å². The summed E-state index contributed by atoms with van der Waals surface area (Å²) in [7, 11) is 0. The third-order valence-corrected chi connectivity index (χ3v) is 4.40. The van der Waals surface area contributed by atoms with Crippen molar-refractivity contribution >= 4 is 34.8 Å². The summed E-state index contributed by atoms with van der Waals surface area (Å²) in [6.07, 6.45) is 2.45.